The topological polar surface area (TPSA) is 42.1 Å². The van der Waals surface area contributed by atoms with Crippen molar-refractivity contribution in [3.63, 3.8) is 0 Å². The number of rotatable bonds is 4. The molecule has 3 nitrogen and oxygen atoms in total. The molecule has 1 fully saturated rings. The summed E-state index contributed by atoms with van der Waals surface area (Å²) in [6, 6.07) is 6.14. The first-order valence-corrected chi connectivity index (χ1v) is 6.80. The fraction of sp³-hybridized carbons (Fsp3) is 0.438. The summed E-state index contributed by atoms with van der Waals surface area (Å²) in [5.41, 5.74) is 2.81. The molecule has 1 aromatic carbocycles. The van der Waals surface area contributed by atoms with E-state index in [-0.39, 0.29) is 11.4 Å². The van der Waals surface area contributed by atoms with Gasteiger partial charge in [-0.25, -0.2) is 0 Å². The van der Waals surface area contributed by atoms with Gasteiger partial charge in [0, 0.05) is 36.2 Å². The first kappa shape index (κ1) is 12.4. The summed E-state index contributed by atoms with van der Waals surface area (Å²) in [7, 11) is 1.71. The average molecular weight is 257 g/mol. The number of aromatic amines is 1. The van der Waals surface area contributed by atoms with Gasteiger partial charge in [0.25, 0.3) is 0 Å². The average Bonchev–Trinajstić information content (AvgIpc) is 2.76. The zero-order valence-electron chi connectivity index (χ0n) is 11.5. The number of aromatic nitrogens is 1. The quantitative estimate of drug-likeness (QED) is 0.850. The molecule has 100 valence electrons. The minimum Gasteiger partial charge on any atom is -0.378 e. The Morgan fingerprint density at radius 3 is 2.84 bits per heavy atom. The summed E-state index contributed by atoms with van der Waals surface area (Å²) in [4.78, 5) is 15.7. The van der Waals surface area contributed by atoms with Crippen molar-refractivity contribution >= 4 is 16.7 Å². The lowest BCUT2D eigenvalue weighted by molar-refractivity contribution is -0.0704. The summed E-state index contributed by atoms with van der Waals surface area (Å²) in [6.07, 6.45) is 5.47. The number of carbonyl (C=O) groups is 1. The van der Waals surface area contributed by atoms with E-state index in [2.05, 4.69) is 18.0 Å². The molecule has 1 heterocycles. The number of ether oxygens (including phenoxy) is 1. The number of methoxy groups -OCH3 is 1. The molecule has 1 N–H and O–H groups in total. The van der Waals surface area contributed by atoms with E-state index >= 15 is 0 Å². The van der Waals surface area contributed by atoms with E-state index in [1.807, 2.05) is 18.3 Å². The second-order valence-corrected chi connectivity index (χ2v) is 5.59. The molecule has 0 spiro atoms. The number of aryl methyl sites for hydroxylation is 1. The highest BCUT2D eigenvalue weighted by molar-refractivity contribution is 6.08. The summed E-state index contributed by atoms with van der Waals surface area (Å²) in [5, 5.41) is 1.01. The molecule has 3 heteroatoms. The molecular weight excluding hydrogens is 238 g/mol. The van der Waals surface area contributed by atoms with Gasteiger partial charge in [-0.15, -0.1) is 0 Å². The Balaban J connectivity index is 1.89. The van der Waals surface area contributed by atoms with E-state index in [0.29, 0.717) is 6.42 Å². The molecule has 1 aliphatic rings. The molecular formula is C16H19NO2. The lowest BCUT2D eigenvalue weighted by Crippen LogP contribution is -2.41. The molecule has 0 radical (unpaired) electrons. The van der Waals surface area contributed by atoms with Crippen molar-refractivity contribution in [3.05, 3.63) is 35.5 Å². The molecule has 0 bridgehead atoms. The van der Waals surface area contributed by atoms with Crippen LogP contribution < -0.4 is 0 Å². The Morgan fingerprint density at radius 2 is 2.21 bits per heavy atom. The zero-order valence-corrected chi connectivity index (χ0v) is 11.5. The molecule has 3 rings (SSSR count). The highest BCUT2D eigenvalue weighted by Crippen LogP contribution is 2.39. The van der Waals surface area contributed by atoms with E-state index in [1.54, 1.807) is 7.11 Å². The number of carbonyl (C=O) groups excluding carboxylic acids is 1. The Labute approximate surface area is 113 Å². The minimum atomic E-state index is -0.203. The summed E-state index contributed by atoms with van der Waals surface area (Å²) in [6.45, 7) is 2.05. The van der Waals surface area contributed by atoms with Crippen LogP contribution in [0.1, 0.15) is 41.6 Å². The van der Waals surface area contributed by atoms with Crippen LogP contribution in [0.4, 0.5) is 0 Å². The van der Waals surface area contributed by atoms with Crippen molar-refractivity contribution in [1.82, 2.24) is 4.98 Å². The van der Waals surface area contributed by atoms with Gasteiger partial charge in [-0.2, -0.15) is 0 Å². The smallest absolute Gasteiger partial charge is 0.167 e. The first-order chi connectivity index (χ1) is 9.13. The van der Waals surface area contributed by atoms with Gasteiger partial charge in [0.1, 0.15) is 0 Å². The second kappa shape index (κ2) is 4.49. The summed E-state index contributed by atoms with van der Waals surface area (Å²) < 4.78 is 5.54. The standard InChI is InChI=1S/C16H19NO2/c1-11-4-5-12-13(10-17-14(12)8-11)15(18)9-16(19-2)6-3-7-16/h4-5,8,10,17H,3,6-7,9H2,1-2H3. The van der Waals surface area contributed by atoms with Crippen molar-refractivity contribution in [2.24, 2.45) is 0 Å². The molecule has 0 atom stereocenters. The first-order valence-electron chi connectivity index (χ1n) is 6.80. The molecule has 2 aromatic rings. The van der Waals surface area contributed by atoms with Gasteiger partial charge in [-0.05, 0) is 37.8 Å². The fourth-order valence-corrected chi connectivity index (χ4v) is 2.88. The van der Waals surface area contributed by atoms with Crippen LogP contribution in [0.5, 0.6) is 0 Å². The van der Waals surface area contributed by atoms with Gasteiger partial charge in [-0.1, -0.05) is 12.1 Å². The summed E-state index contributed by atoms with van der Waals surface area (Å²) >= 11 is 0. The van der Waals surface area contributed by atoms with E-state index in [0.717, 1.165) is 35.7 Å². The maximum Gasteiger partial charge on any atom is 0.167 e. The summed E-state index contributed by atoms with van der Waals surface area (Å²) in [5.74, 6) is 0.177. The number of H-pyrrole nitrogens is 1. The van der Waals surface area contributed by atoms with Gasteiger partial charge in [0.2, 0.25) is 0 Å². The number of hydrogen-bond donors (Lipinski definition) is 1. The zero-order chi connectivity index (χ0) is 13.5. The van der Waals surface area contributed by atoms with Crippen LogP contribution in [-0.4, -0.2) is 23.5 Å². The van der Waals surface area contributed by atoms with Crippen LogP contribution in [0.25, 0.3) is 10.9 Å². The van der Waals surface area contributed by atoms with Crippen molar-refractivity contribution < 1.29 is 9.53 Å². The number of ketones is 1. The second-order valence-electron chi connectivity index (χ2n) is 5.59. The highest BCUT2D eigenvalue weighted by Gasteiger charge is 2.39. The van der Waals surface area contributed by atoms with Crippen LogP contribution in [0.2, 0.25) is 0 Å². The maximum atomic E-state index is 12.5. The third kappa shape index (κ3) is 2.08. The molecule has 0 saturated heterocycles. The van der Waals surface area contributed by atoms with Gasteiger partial charge >= 0.3 is 0 Å². The molecule has 0 unspecified atom stereocenters. The number of benzene rings is 1. The lowest BCUT2D eigenvalue weighted by Gasteiger charge is -2.40. The Hall–Kier alpha value is -1.61. The molecule has 1 aromatic heterocycles. The molecule has 0 amide bonds. The number of Topliss-reactive ketones (excluding diaryl/α,β-unsaturated/α-hetero) is 1. The minimum absolute atomic E-state index is 0.177. The third-order valence-corrected chi connectivity index (χ3v) is 4.32. The lowest BCUT2D eigenvalue weighted by atomic mass is 9.76. The number of hydrogen-bond acceptors (Lipinski definition) is 2. The van der Waals surface area contributed by atoms with Crippen molar-refractivity contribution in [1.29, 1.82) is 0 Å². The van der Waals surface area contributed by atoms with Crippen LogP contribution in [0.3, 0.4) is 0 Å². The largest absolute Gasteiger partial charge is 0.378 e. The van der Waals surface area contributed by atoms with Gasteiger partial charge in [0.05, 0.1) is 5.60 Å². The Kier molecular flexibility index (Phi) is 2.94. The van der Waals surface area contributed by atoms with E-state index in [1.165, 1.54) is 5.56 Å². The number of fused-ring (bicyclic) bond motifs is 1. The van der Waals surface area contributed by atoms with Crippen molar-refractivity contribution in [2.75, 3.05) is 7.11 Å². The van der Waals surface area contributed by atoms with Crippen LogP contribution >= 0.6 is 0 Å². The third-order valence-electron chi connectivity index (χ3n) is 4.32. The van der Waals surface area contributed by atoms with Crippen LogP contribution in [0, 0.1) is 6.92 Å². The van der Waals surface area contributed by atoms with Crippen molar-refractivity contribution in [3.8, 4) is 0 Å². The maximum absolute atomic E-state index is 12.5. The van der Waals surface area contributed by atoms with Gasteiger partial charge in [-0.3, -0.25) is 4.79 Å². The van der Waals surface area contributed by atoms with E-state index in [4.69, 9.17) is 4.74 Å². The molecule has 19 heavy (non-hydrogen) atoms. The van der Waals surface area contributed by atoms with Crippen LogP contribution in [0.15, 0.2) is 24.4 Å². The van der Waals surface area contributed by atoms with Crippen molar-refractivity contribution in [2.45, 2.75) is 38.2 Å². The van der Waals surface area contributed by atoms with E-state index < -0.39 is 0 Å². The predicted octanol–water partition coefficient (Wildman–Crippen LogP) is 3.62. The Bertz CT molecular complexity index is 617. The Morgan fingerprint density at radius 1 is 1.42 bits per heavy atom. The van der Waals surface area contributed by atoms with E-state index in [9.17, 15) is 4.79 Å². The highest BCUT2D eigenvalue weighted by atomic mass is 16.5. The normalized spacial score (nSPS) is 17.4. The van der Waals surface area contributed by atoms with Gasteiger partial charge < -0.3 is 9.72 Å². The van der Waals surface area contributed by atoms with Crippen LogP contribution in [-0.2, 0) is 4.74 Å². The van der Waals surface area contributed by atoms with Gasteiger partial charge in [0.15, 0.2) is 5.78 Å². The molecule has 1 saturated carbocycles. The fourth-order valence-electron chi connectivity index (χ4n) is 2.88. The predicted molar refractivity (Wildman–Crippen MR) is 75.6 cm³/mol. The monoisotopic (exact) mass is 257 g/mol. The molecule has 1 aliphatic carbocycles. The number of nitrogens with one attached hydrogen (secondary N) is 1. The SMILES string of the molecule is COC1(CC(=O)c2c[nH]c3cc(C)ccc23)CCC1. The molecule has 0 aliphatic heterocycles.